The molecule has 1 heteroatoms. The maximum Gasteiger partial charge on any atom is 0.00502 e. The van der Waals surface area contributed by atoms with Crippen LogP contribution in [0, 0.1) is 6.92 Å². The number of aryl methyl sites for hydroxylation is 1. The summed E-state index contributed by atoms with van der Waals surface area (Å²) in [6.45, 7) is 8.15. The molecule has 0 spiro atoms. The normalized spacial score (nSPS) is 22.9. The minimum atomic E-state index is 0.763. The van der Waals surface area contributed by atoms with Crippen molar-refractivity contribution in [2.24, 2.45) is 0 Å². The van der Waals surface area contributed by atoms with Crippen LogP contribution in [0.5, 0.6) is 0 Å². The zero-order chi connectivity index (χ0) is 10.7. The zero-order valence-electron chi connectivity index (χ0n) is 9.87. The van der Waals surface area contributed by atoms with E-state index in [1.807, 2.05) is 0 Å². The zero-order valence-corrected chi connectivity index (χ0v) is 9.87. The van der Waals surface area contributed by atoms with E-state index in [1.54, 1.807) is 0 Å². The second-order valence-electron chi connectivity index (χ2n) is 4.64. The van der Waals surface area contributed by atoms with Crippen LogP contribution in [0.25, 0.3) is 0 Å². The lowest BCUT2D eigenvalue weighted by Crippen LogP contribution is -2.34. The predicted octanol–water partition coefficient (Wildman–Crippen LogP) is 3.19. The molecule has 1 fully saturated rings. The van der Waals surface area contributed by atoms with Gasteiger partial charge in [0.2, 0.25) is 0 Å². The van der Waals surface area contributed by atoms with Gasteiger partial charge in [-0.2, -0.15) is 0 Å². The Morgan fingerprint density at radius 3 is 2.67 bits per heavy atom. The van der Waals surface area contributed by atoms with E-state index in [2.05, 4.69) is 43.0 Å². The van der Waals surface area contributed by atoms with Crippen LogP contribution in [0.3, 0.4) is 0 Å². The molecule has 1 aliphatic heterocycles. The molecular weight excluding hydrogens is 182 g/mol. The van der Waals surface area contributed by atoms with E-state index < -0.39 is 0 Å². The van der Waals surface area contributed by atoms with Crippen LogP contribution in [-0.2, 0) is 0 Å². The second kappa shape index (κ2) is 4.80. The van der Waals surface area contributed by atoms with Gasteiger partial charge in [0.05, 0.1) is 0 Å². The fourth-order valence-electron chi connectivity index (χ4n) is 2.45. The maximum atomic E-state index is 2.56. The Morgan fingerprint density at radius 1 is 1.27 bits per heavy atom. The van der Waals surface area contributed by atoms with Crippen LogP contribution >= 0.6 is 0 Å². The molecule has 1 aromatic rings. The van der Waals surface area contributed by atoms with Crippen molar-refractivity contribution in [3.63, 3.8) is 0 Å². The highest BCUT2D eigenvalue weighted by Gasteiger charge is 2.19. The summed E-state index contributed by atoms with van der Waals surface area (Å²) in [6.07, 6.45) is 2.71. The van der Waals surface area contributed by atoms with E-state index in [1.165, 1.54) is 43.6 Å². The summed E-state index contributed by atoms with van der Waals surface area (Å²) in [7, 11) is 0. The first-order valence-corrected chi connectivity index (χ1v) is 6.08. The van der Waals surface area contributed by atoms with Crippen molar-refractivity contribution < 1.29 is 0 Å². The first-order chi connectivity index (χ1) is 7.29. The summed E-state index contributed by atoms with van der Waals surface area (Å²) < 4.78 is 0. The molecule has 1 saturated heterocycles. The molecule has 1 atom stereocenters. The molecule has 1 heterocycles. The van der Waals surface area contributed by atoms with Crippen molar-refractivity contribution in [2.75, 3.05) is 19.6 Å². The van der Waals surface area contributed by atoms with Crippen LogP contribution in [0.1, 0.15) is 36.8 Å². The number of hydrogen-bond acceptors (Lipinski definition) is 1. The largest absolute Gasteiger partial charge is 0.303 e. The number of likely N-dealkylation sites (tertiary alicyclic amines) is 1. The molecule has 1 nitrogen and oxygen atoms in total. The monoisotopic (exact) mass is 203 g/mol. The molecule has 0 radical (unpaired) electrons. The number of hydrogen-bond donors (Lipinski definition) is 0. The molecular formula is C14H21N. The van der Waals surface area contributed by atoms with Gasteiger partial charge in [-0.1, -0.05) is 36.8 Å². The van der Waals surface area contributed by atoms with Gasteiger partial charge in [-0.15, -0.1) is 0 Å². The standard InChI is InChI=1S/C14H21N/c1-3-15-10-4-5-14(11-15)13-8-6-12(2)7-9-13/h6-9,14H,3-5,10-11H2,1-2H3. The maximum absolute atomic E-state index is 2.56. The summed E-state index contributed by atoms with van der Waals surface area (Å²) >= 11 is 0. The molecule has 1 aliphatic rings. The van der Waals surface area contributed by atoms with Gasteiger partial charge in [0.1, 0.15) is 0 Å². The summed E-state index contributed by atoms with van der Waals surface area (Å²) in [6, 6.07) is 9.08. The fraction of sp³-hybridized carbons (Fsp3) is 0.571. The number of rotatable bonds is 2. The minimum absolute atomic E-state index is 0.763. The molecule has 0 amide bonds. The molecule has 15 heavy (non-hydrogen) atoms. The Kier molecular flexibility index (Phi) is 3.42. The summed E-state index contributed by atoms with van der Waals surface area (Å²) in [5.74, 6) is 0.763. The highest BCUT2D eigenvalue weighted by atomic mass is 15.1. The predicted molar refractivity (Wildman–Crippen MR) is 65.3 cm³/mol. The molecule has 0 bridgehead atoms. The van der Waals surface area contributed by atoms with Crippen molar-refractivity contribution in [1.82, 2.24) is 4.90 Å². The molecule has 0 saturated carbocycles. The summed E-state index contributed by atoms with van der Waals surface area (Å²) in [5, 5.41) is 0. The molecule has 1 unspecified atom stereocenters. The molecule has 0 aromatic heterocycles. The van der Waals surface area contributed by atoms with Crippen LogP contribution in [-0.4, -0.2) is 24.5 Å². The summed E-state index contributed by atoms with van der Waals surface area (Å²) in [4.78, 5) is 2.56. The van der Waals surface area contributed by atoms with E-state index in [9.17, 15) is 0 Å². The van der Waals surface area contributed by atoms with Crippen LogP contribution in [0.4, 0.5) is 0 Å². The van der Waals surface area contributed by atoms with E-state index in [4.69, 9.17) is 0 Å². The highest BCUT2D eigenvalue weighted by molar-refractivity contribution is 5.25. The number of likely N-dealkylation sites (N-methyl/N-ethyl adjacent to an activating group) is 1. The minimum Gasteiger partial charge on any atom is -0.303 e. The third-order valence-electron chi connectivity index (χ3n) is 3.50. The van der Waals surface area contributed by atoms with E-state index in [-0.39, 0.29) is 0 Å². The van der Waals surface area contributed by atoms with E-state index >= 15 is 0 Å². The van der Waals surface area contributed by atoms with Crippen molar-refractivity contribution in [2.45, 2.75) is 32.6 Å². The van der Waals surface area contributed by atoms with Gasteiger partial charge >= 0.3 is 0 Å². The average Bonchev–Trinajstić information content (AvgIpc) is 2.30. The van der Waals surface area contributed by atoms with Crippen molar-refractivity contribution in [3.8, 4) is 0 Å². The SMILES string of the molecule is CCN1CCCC(c2ccc(C)cc2)C1. The third-order valence-corrected chi connectivity index (χ3v) is 3.50. The Labute approximate surface area is 93.1 Å². The summed E-state index contributed by atoms with van der Waals surface area (Å²) in [5.41, 5.74) is 2.89. The van der Waals surface area contributed by atoms with Gasteiger partial charge in [0, 0.05) is 6.54 Å². The van der Waals surface area contributed by atoms with Crippen molar-refractivity contribution in [3.05, 3.63) is 35.4 Å². The fourth-order valence-corrected chi connectivity index (χ4v) is 2.45. The molecule has 2 rings (SSSR count). The second-order valence-corrected chi connectivity index (χ2v) is 4.64. The van der Waals surface area contributed by atoms with Gasteiger partial charge < -0.3 is 4.90 Å². The lowest BCUT2D eigenvalue weighted by molar-refractivity contribution is 0.218. The smallest absolute Gasteiger partial charge is 0.00502 e. The molecule has 0 N–H and O–H groups in total. The Balaban J connectivity index is 2.06. The first-order valence-electron chi connectivity index (χ1n) is 6.08. The van der Waals surface area contributed by atoms with Gasteiger partial charge in [-0.3, -0.25) is 0 Å². The number of nitrogens with zero attached hydrogens (tertiary/aromatic N) is 1. The van der Waals surface area contributed by atoms with Crippen LogP contribution in [0.15, 0.2) is 24.3 Å². The number of piperidine rings is 1. The Bertz CT molecular complexity index is 302. The van der Waals surface area contributed by atoms with Crippen LogP contribution in [0.2, 0.25) is 0 Å². The highest BCUT2D eigenvalue weighted by Crippen LogP contribution is 2.26. The molecule has 1 aromatic carbocycles. The lowest BCUT2D eigenvalue weighted by Gasteiger charge is -2.32. The van der Waals surface area contributed by atoms with Gasteiger partial charge in [-0.25, -0.2) is 0 Å². The quantitative estimate of drug-likeness (QED) is 0.713. The Hall–Kier alpha value is -0.820. The molecule has 0 aliphatic carbocycles. The molecule has 82 valence electrons. The topological polar surface area (TPSA) is 3.24 Å². The van der Waals surface area contributed by atoms with Gasteiger partial charge in [-0.05, 0) is 44.3 Å². The first kappa shape index (κ1) is 10.7. The van der Waals surface area contributed by atoms with Crippen molar-refractivity contribution in [1.29, 1.82) is 0 Å². The third kappa shape index (κ3) is 2.60. The van der Waals surface area contributed by atoms with Crippen LogP contribution < -0.4 is 0 Å². The van der Waals surface area contributed by atoms with Gasteiger partial charge in [0.15, 0.2) is 0 Å². The average molecular weight is 203 g/mol. The van der Waals surface area contributed by atoms with E-state index in [0.29, 0.717) is 0 Å². The Morgan fingerprint density at radius 2 is 2.00 bits per heavy atom. The lowest BCUT2D eigenvalue weighted by atomic mass is 9.90. The van der Waals surface area contributed by atoms with Crippen molar-refractivity contribution >= 4 is 0 Å². The van der Waals surface area contributed by atoms with E-state index in [0.717, 1.165) is 5.92 Å². The van der Waals surface area contributed by atoms with Gasteiger partial charge in [0.25, 0.3) is 0 Å². The number of benzene rings is 1.